The van der Waals surface area contributed by atoms with Gasteiger partial charge >= 0.3 is 0 Å². The van der Waals surface area contributed by atoms with Gasteiger partial charge in [-0.25, -0.2) is 0 Å². The van der Waals surface area contributed by atoms with Gasteiger partial charge in [0.15, 0.2) is 5.78 Å². The Labute approximate surface area is 152 Å². The average molecular weight is 347 g/mol. The summed E-state index contributed by atoms with van der Waals surface area (Å²) in [5.41, 5.74) is 4.14. The maximum Gasteiger partial charge on any atom is 0.227 e. The molecule has 0 bridgehead atoms. The number of allylic oxidation sites excluding steroid dienone is 1. The van der Waals surface area contributed by atoms with Gasteiger partial charge in [0.1, 0.15) is 0 Å². The van der Waals surface area contributed by atoms with Crippen molar-refractivity contribution in [1.29, 1.82) is 0 Å². The number of nitrogens with zero attached hydrogens (tertiary/aromatic N) is 2. The fraction of sp³-hybridized carbons (Fsp3) is 0.286. The van der Waals surface area contributed by atoms with Crippen molar-refractivity contribution < 1.29 is 9.59 Å². The smallest absolute Gasteiger partial charge is 0.227 e. The normalized spacial score (nSPS) is 19.3. The van der Waals surface area contributed by atoms with Gasteiger partial charge in [0, 0.05) is 36.5 Å². The second-order valence-corrected chi connectivity index (χ2v) is 6.62. The molecule has 0 spiro atoms. The number of hydrogen-bond donors (Lipinski definition) is 1. The maximum atomic E-state index is 13.0. The number of carbonyl (C=O) groups excluding carboxylic acids is 2. The quantitative estimate of drug-likeness (QED) is 0.892. The van der Waals surface area contributed by atoms with Gasteiger partial charge < -0.3 is 5.32 Å². The van der Waals surface area contributed by atoms with Crippen LogP contribution in [-0.2, 0) is 9.59 Å². The van der Waals surface area contributed by atoms with Crippen molar-refractivity contribution in [2.24, 2.45) is 0 Å². The van der Waals surface area contributed by atoms with E-state index >= 15 is 0 Å². The van der Waals surface area contributed by atoms with Crippen LogP contribution in [0.2, 0.25) is 0 Å². The first kappa shape index (κ1) is 16.5. The number of aromatic nitrogens is 1. The summed E-state index contributed by atoms with van der Waals surface area (Å²) in [4.78, 5) is 31.9. The van der Waals surface area contributed by atoms with E-state index in [4.69, 9.17) is 0 Å². The Bertz CT molecular complexity index is 889. The Balaban J connectivity index is 2.00. The van der Waals surface area contributed by atoms with E-state index in [0.717, 1.165) is 35.5 Å². The molecule has 2 aliphatic rings. The second kappa shape index (κ2) is 6.75. The zero-order valence-electron chi connectivity index (χ0n) is 14.7. The predicted octanol–water partition coefficient (Wildman–Crippen LogP) is 4.00. The molecule has 0 saturated heterocycles. The minimum absolute atomic E-state index is 0.0137. The lowest BCUT2D eigenvalue weighted by Gasteiger charge is -2.33. The predicted molar refractivity (Wildman–Crippen MR) is 101 cm³/mol. The Hall–Kier alpha value is -2.95. The van der Waals surface area contributed by atoms with E-state index in [1.807, 2.05) is 43.3 Å². The zero-order chi connectivity index (χ0) is 18.1. The first-order valence-corrected chi connectivity index (χ1v) is 9.05. The van der Waals surface area contributed by atoms with Gasteiger partial charge in [0.05, 0.1) is 17.4 Å². The number of fused-ring (bicyclic) bond motifs is 1. The average Bonchev–Trinajstić information content (AvgIpc) is 2.83. The molecule has 2 aromatic rings. The summed E-state index contributed by atoms with van der Waals surface area (Å²) >= 11 is 0. The molecule has 1 aliphatic carbocycles. The number of rotatable bonds is 2. The number of para-hydroxylation sites is 2. The number of Topliss-reactive ketones (excluding diaryl/α,β-unsaturated/α-hetero) is 1. The van der Waals surface area contributed by atoms with Gasteiger partial charge in [-0.05, 0) is 36.6 Å². The van der Waals surface area contributed by atoms with Crippen LogP contribution in [0.25, 0.3) is 0 Å². The standard InChI is InChI=1S/C21H21N3O2/c1-2-19(26)24-17-10-4-3-8-15(17)23-16-9-5-11-18(25)20(16)21(24)14-7-6-12-22-13-14/h3-4,6-8,10,12-13,21,23H,2,5,9,11H2,1H3/t21-/m1/s1. The summed E-state index contributed by atoms with van der Waals surface area (Å²) in [6.45, 7) is 1.85. The van der Waals surface area contributed by atoms with Gasteiger partial charge in [-0.3, -0.25) is 19.5 Å². The van der Waals surface area contributed by atoms with E-state index in [9.17, 15) is 9.59 Å². The number of pyridine rings is 1. The summed E-state index contributed by atoms with van der Waals surface area (Å²) in [5.74, 6) is 0.0922. The number of carbonyl (C=O) groups is 2. The van der Waals surface area contributed by atoms with Gasteiger partial charge in [-0.15, -0.1) is 0 Å². The van der Waals surface area contributed by atoms with Crippen molar-refractivity contribution >= 4 is 23.1 Å². The lowest BCUT2D eigenvalue weighted by Crippen LogP contribution is -2.37. The highest BCUT2D eigenvalue weighted by Gasteiger charge is 2.38. The van der Waals surface area contributed by atoms with Crippen molar-refractivity contribution in [2.75, 3.05) is 10.2 Å². The van der Waals surface area contributed by atoms with E-state index in [1.165, 1.54) is 0 Å². The minimum Gasteiger partial charge on any atom is -0.357 e. The number of nitrogens with one attached hydrogen (secondary N) is 1. The molecule has 5 heteroatoms. The van der Waals surface area contributed by atoms with Crippen LogP contribution in [0.5, 0.6) is 0 Å². The largest absolute Gasteiger partial charge is 0.357 e. The number of ketones is 1. The summed E-state index contributed by atoms with van der Waals surface area (Å²) in [6, 6.07) is 11.1. The van der Waals surface area contributed by atoms with E-state index in [-0.39, 0.29) is 11.7 Å². The third-order valence-electron chi connectivity index (χ3n) is 5.01. The fourth-order valence-corrected chi connectivity index (χ4v) is 3.83. The molecular formula is C21H21N3O2. The molecule has 1 aromatic heterocycles. The molecule has 26 heavy (non-hydrogen) atoms. The number of benzene rings is 1. The van der Waals surface area contributed by atoms with Crippen molar-refractivity contribution in [2.45, 2.75) is 38.6 Å². The molecule has 2 heterocycles. The third kappa shape index (κ3) is 2.69. The second-order valence-electron chi connectivity index (χ2n) is 6.62. The Kier molecular flexibility index (Phi) is 4.29. The molecule has 1 aromatic carbocycles. The molecular weight excluding hydrogens is 326 g/mol. The molecule has 1 aliphatic heterocycles. The van der Waals surface area contributed by atoms with Gasteiger partial charge in [0.2, 0.25) is 5.91 Å². The van der Waals surface area contributed by atoms with Crippen molar-refractivity contribution in [3.63, 3.8) is 0 Å². The molecule has 1 amide bonds. The molecule has 0 fully saturated rings. The van der Waals surface area contributed by atoms with Crippen LogP contribution in [-0.4, -0.2) is 16.7 Å². The van der Waals surface area contributed by atoms with E-state index in [0.29, 0.717) is 18.4 Å². The lowest BCUT2D eigenvalue weighted by molar-refractivity contribution is -0.118. The van der Waals surface area contributed by atoms with Crippen LogP contribution >= 0.6 is 0 Å². The Morgan fingerprint density at radius 2 is 2.08 bits per heavy atom. The summed E-state index contributed by atoms with van der Waals surface area (Å²) < 4.78 is 0. The highest BCUT2D eigenvalue weighted by atomic mass is 16.2. The van der Waals surface area contributed by atoms with Gasteiger partial charge in [0.25, 0.3) is 0 Å². The van der Waals surface area contributed by atoms with E-state index in [2.05, 4.69) is 10.3 Å². The van der Waals surface area contributed by atoms with Gasteiger partial charge in [-0.1, -0.05) is 25.1 Å². The lowest BCUT2D eigenvalue weighted by atomic mass is 9.86. The number of hydrogen-bond acceptors (Lipinski definition) is 4. The molecule has 5 nitrogen and oxygen atoms in total. The summed E-state index contributed by atoms with van der Waals surface area (Å²) in [7, 11) is 0. The third-order valence-corrected chi connectivity index (χ3v) is 5.01. The molecule has 1 atom stereocenters. The zero-order valence-corrected chi connectivity index (χ0v) is 14.7. The van der Waals surface area contributed by atoms with Crippen molar-refractivity contribution in [1.82, 2.24) is 4.98 Å². The van der Waals surface area contributed by atoms with Crippen molar-refractivity contribution in [3.05, 3.63) is 65.6 Å². The van der Waals surface area contributed by atoms with Crippen LogP contribution in [0.3, 0.4) is 0 Å². The monoisotopic (exact) mass is 347 g/mol. The van der Waals surface area contributed by atoms with E-state index in [1.54, 1.807) is 17.3 Å². The van der Waals surface area contributed by atoms with E-state index < -0.39 is 6.04 Å². The molecule has 132 valence electrons. The Morgan fingerprint density at radius 1 is 1.23 bits per heavy atom. The molecule has 1 N–H and O–H groups in total. The highest BCUT2D eigenvalue weighted by molar-refractivity contribution is 6.05. The molecule has 0 saturated carbocycles. The molecule has 0 unspecified atom stereocenters. The fourth-order valence-electron chi connectivity index (χ4n) is 3.83. The number of anilines is 2. The minimum atomic E-state index is -0.449. The summed E-state index contributed by atoms with van der Waals surface area (Å²) in [6.07, 6.45) is 5.97. The maximum absolute atomic E-state index is 13.0. The Morgan fingerprint density at radius 3 is 2.85 bits per heavy atom. The number of amides is 1. The topological polar surface area (TPSA) is 62.3 Å². The van der Waals surface area contributed by atoms with Crippen LogP contribution < -0.4 is 10.2 Å². The van der Waals surface area contributed by atoms with Gasteiger partial charge in [-0.2, -0.15) is 0 Å². The summed E-state index contributed by atoms with van der Waals surface area (Å²) in [5, 5.41) is 3.45. The molecule has 0 radical (unpaired) electrons. The first-order valence-electron chi connectivity index (χ1n) is 9.05. The van der Waals surface area contributed by atoms with Crippen LogP contribution in [0, 0.1) is 0 Å². The van der Waals surface area contributed by atoms with Crippen LogP contribution in [0.1, 0.15) is 44.2 Å². The SMILES string of the molecule is CCC(=O)N1c2ccccc2NC2=C(C(=O)CCC2)[C@H]1c1cccnc1. The van der Waals surface area contributed by atoms with Crippen molar-refractivity contribution in [3.8, 4) is 0 Å². The van der Waals surface area contributed by atoms with Crippen LogP contribution in [0.4, 0.5) is 11.4 Å². The highest BCUT2D eigenvalue weighted by Crippen LogP contribution is 2.44. The first-order chi connectivity index (χ1) is 12.7. The van der Waals surface area contributed by atoms with Crippen LogP contribution in [0.15, 0.2) is 60.1 Å². The molecule has 4 rings (SSSR count).